The van der Waals surface area contributed by atoms with Gasteiger partial charge in [-0.3, -0.25) is 4.79 Å². The average molecular weight is 342 g/mol. The van der Waals surface area contributed by atoms with E-state index in [2.05, 4.69) is 0 Å². The largest absolute Gasteiger partial charge is 0.445 e. The van der Waals surface area contributed by atoms with Crippen LogP contribution in [0.1, 0.15) is 15.9 Å². The molecule has 25 heavy (non-hydrogen) atoms. The number of rotatable bonds is 3. The molecule has 1 heterocycles. The van der Waals surface area contributed by atoms with E-state index >= 15 is 0 Å². The van der Waals surface area contributed by atoms with E-state index in [4.69, 9.17) is 4.74 Å². The van der Waals surface area contributed by atoms with Crippen LogP contribution in [0, 0.1) is 5.82 Å². The quantitative estimate of drug-likeness (QED) is 0.862. The smallest absolute Gasteiger partial charge is 0.410 e. The third-order valence-electron chi connectivity index (χ3n) is 4.12. The van der Waals surface area contributed by atoms with Crippen LogP contribution in [0.4, 0.5) is 9.18 Å². The standard InChI is InChI=1S/C19H19FN2O3/c20-17-8-6-16(7-9-17)18(23)21-10-12-22(13-11-21)19(24)25-14-15-4-2-1-3-5-15/h1-9H,10-14H2. The Bertz CT molecular complexity index is 726. The van der Waals surface area contributed by atoms with Crippen LogP contribution >= 0.6 is 0 Å². The fourth-order valence-electron chi connectivity index (χ4n) is 2.68. The van der Waals surface area contributed by atoms with Gasteiger partial charge in [-0.1, -0.05) is 30.3 Å². The van der Waals surface area contributed by atoms with Crippen molar-refractivity contribution in [3.8, 4) is 0 Å². The molecule has 5 nitrogen and oxygen atoms in total. The van der Waals surface area contributed by atoms with Crippen LogP contribution in [0.2, 0.25) is 0 Å². The maximum Gasteiger partial charge on any atom is 0.410 e. The van der Waals surface area contributed by atoms with Crippen molar-refractivity contribution < 1.29 is 18.7 Å². The summed E-state index contributed by atoms with van der Waals surface area (Å²) >= 11 is 0. The van der Waals surface area contributed by atoms with Gasteiger partial charge in [-0.15, -0.1) is 0 Å². The summed E-state index contributed by atoms with van der Waals surface area (Å²) in [5, 5.41) is 0. The maximum atomic E-state index is 12.9. The van der Waals surface area contributed by atoms with E-state index in [1.165, 1.54) is 24.3 Å². The Labute approximate surface area is 145 Å². The topological polar surface area (TPSA) is 49.9 Å². The Hall–Kier alpha value is -2.89. The van der Waals surface area contributed by atoms with Crippen molar-refractivity contribution in [1.29, 1.82) is 0 Å². The molecule has 1 fully saturated rings. The first kappa shape index (κ1) is 17.0. The molecular formula is C19H19FN2O3. The number of carbonyl (C=O) groups is 2. The molecule has 0 aliphatic carbocycles. The number of halogens is 1. The molecule has 0 atom stereocenters. The second-order valence-electron chi connectivity index (χ2n) is 5.83. The summed E-state index contributed by atoms with van der Waals surface area (Å²) in [4.78, 5) is 27.7. The van der Waals surface area contributed by atoms with Crippen LogP contribution in [0.5, 0.6) is 0 Å². The van der Waals surface area contributed by atoms with Gasteiger partial charge in [-0.2, -0.15) is 0 Å². The second kappa shape index (κ2) is 7.79. The highest BCUT2D eigenvalue weighted by Crippen LogP contribution is 2.11. The van der Waals surface area contributed by atoms with Crippen molar-refractivity contribution in [2.24, 2.45) is 0 Å². The van der Waals surface area contributed by atoms with Crippen molar-refractivity contribution in [3.63, 3.8) is 0 Å². The number of piperazine rings is 1. The third kappa shape index (κ3) is 4.35. The van der Waals surface area contributed by atoms with Gasteiger partial charge in [0.2, 0.25) is 0 Å². The minimum atomic E-state index is -0.377. The van der Waals surface area contributed by atoms with Gasteiger partial charge in [0.25, 0.3) is 5.91 Å². The van der Waals surface area contributed by atoms with E-state index in [1.54, 1.807) is 9.80 Å². The van der Waals surface area contributed by atoms with E-state index in [-0.39, 0.29) is 24.4 Å². The molecule has 1 aliphatic heterocycles. The highest BCUT2D eigenvalue weighted by atomic mass is 19.1. The molecule has 0 radical (unpaired) electrons. The molecule has 2 amide bonds. The molecule has 130 valence electrons. The highest BCUT2D eigenvalue weighted by Gasteiger charge is 2.25. The van der Waals surface area contributed by atoms with Crippen molar-refractivity contribution in [3.05, 3.63) is 71.5 Å². The van der Waals surface area contributed by atoms with Crippen molar-refractivity contribution in [1.82, 2.24) is 9.80 Å². The predicted octanol–water partition coefficient (Wildman–Crippen LogP) is 2.92. The molecular weight excluding hydrogens is 323 g/mol. The summed E-state index contributed by atoms with van der Waals surface area (Å²) in [5.41, 5.74) is 1.38. The summed E-state index contributed by atoms with van der Waals surface area (Å²) in [7, 11) is 0. The molecule has 0 N–H and O–H groups in total. The molecule has 0 aromatic heterocycles. The lowest BCUT2D eigenvalue weighted by Gasteiger charge is -2.34. The number of ether oxygens (including phenoxy) is 1. The summed E-state index contributed by atoms with van der Waals surface area (Å²) in [6.07, 6.45) is -0.377. The van der Waals surface area contributed by atoms with Crippen molar-refractivity contribution in [2.75, 3.05) is 26.2 Å². The first-order valence-corrected chi connectivity index (χ1v) is 8.14. The molecule has 0 saturated carbocycles. The van der Waals surface area contributed by atoms with E-state index in [0.717, 1.165) is 5.56 Å². The van der Waals surface area contributed by atoms with Crippen LogP contribution in [-0.4, -0.2) is 48.0 Å². The first-order valence-electron chi connectivity index (χ1n) is 8.14. The molecule has 0 bridgehead atoms. The fraction of sp³-hybridized carbons (Fsp3) is 0.263. The Morgan fingerprint density at radius 3 is 2.12 bits per heavy atom. The Balaban J connectivity index is 1.48. The van der Waals surface area contributed by atoms with Gasteiger partial charge in [-0.05, 0) is 29.8 Å². The van der Waals surface area contributed by atoms with Crippen molar-refractivity contribution >= 4 is 12.0 Å². The van der Waals surface area contributed by atoms with E-state index in [1.807, 2.05) is 30.3 Å². The lowest BCUT2D eigenvalue weighted by atomic mass is 10.2. The number of amides is 2. The molecule has 2 aromatic carbocycles. The van der Waals surface area contributed by atoms with Gasteiger partial charge in [0.1, 0.15) is 12.4 Å². The molecule has 2 aromatic rings. The maximum absolute atomic E-state index is 12.9. The summed E-state index contributed by atoms with van der Waals surface area (Å²) in [6, 6.07) is 15.0. The molecule has 6 heteroatoms. The lowest BCUT2D eigenvalue weighted by molar-refractivity contribution is 0.0544. The normalized spacial score (nSPS) is 14.3. The van der Waals surface area contributed by atoms with Gasteiger partial charge in [0.15, 0.2) is 0 Å². The van der Waals surface area contributed by atoms with Gasteiger partial charge in [0.05, 0.1) is 0 Å². The van der Waals surface area contributed by atoms with Crippen LogP contribution in [0.25, 0.3) is 0 Å². The number of hydrogen-bond donors (Lipinski definition) is 0. The number of hydrogen-bond acceptors (Lipinski definition) is 3. The minimum absolute atomic E-state index is 0.155. The number of nitrogens with zero attached hydrogens (tertiary/aromatic N) is 2. The van der Waals surface area contributed by atoms with Gasteiger partial charge in [-0.25, -0.2) is 9.18 Å². The molecule has 1 aliphatic rings. The van der Waals surface area contributed by atoms with Gasteiger partial charge < -0.3 is 14.5 Å². The summed E-state index contributed by atoms with van der Waals surface area (Å²) in [6.45, 7) is 1.92. The predicted molar refractivity (Wildman–Crippen MR) is 90.5 cm³/mol. The Morgan fingerprint density at radius 1 is 0.880 bits per heavy atom. The molecule has 1 saturated heterocycles. The Kier molecular flexibility index (Phi) is 5.28. The molecule has 0 spiro atoms. The van der Waals surface area contributed by atoms with Gasteiger partial charge >= 0.3 is 6.09 Å². The van der Waals surface area contributed by atoms with E-state index in [9.17, 15) is 14.0 Å². The second-order valence-corrected chi connectivity index (χ2v) is 5.83. The van der Waals surface area contributed by atoms with Crippen LogP contribution < -0.4 is 0 Å². The zero-order chi connectivity index (χ0) is 17.6. The molecule has 3 rings (SSSR count). The monoisotopic (exact) mass is 342 g/mol. The summed E-state index contributed by atoms with van der Waals surface area (Å²) < 4.78 is 18.2. The van der Waals surface area contributed by atoms with E-state index in [0.29, 0.717) is 31.7 Å². The van der Waals surface area contributed by atoms with E-state index < -0.39 is 0 Å². The zero-order valence-electron chi connectivity index (χ0n) is 13.7. The highest BCUT2D eigenvalue weighted by molar-refractivity contribution is 5.94. The third-order valence-corrected chi connectivity index (χ3v) is 4.12. The molecule has 0 unspecified atom stereocenters. The van der Waals surface area contributed by atoms with Crippen molar-refractivity contribution in [2.45, 2.75) is 6.61 Å². The minimum Gasteiger partial charge on any atom is -0.445 e. The van der Waals surface area contributed by atoms with Crippen LogP contribution in [-0.2, 0) is 11.3 Å². The lowest BCUT2D eigenvalue weighted by Crippen LogP contribution is -2.50. The first-order chi connectivity index (χ1) is 12.1. The zero-order valence-corrected chi connectivity index (χ0v) is 13.7. The Morgan fingerprint density at radius 2 is 1.48 bits per heavy atom. The fourth-order valence-corrected chi connectivity index (χ4v) is 2.68. The SMILES string of the molecule is O=C(OCc1ccccc1)N1CCN(C(=O)c2ccc(F)cc2)CC1. The van der Waals surface area contributed by atoms with Crippen LogP contribution in [0.3, 0.4) is 0 Å². The van der Waals surface area contributed by atoms with Gasteiger partial charge in [0, 0.05) is 31.7 Å². The number of carbonyl (C=O) groups excluding carboxylic acids is 2. The average Bonchev–Trinajstić information content (AvgIpc) is 2.67. The number of benzene rings is 2. The van der Waals surface area contributed by atoms with Crippen LogP contribution in [0.15, 0.2) is 54.6 Å². The summed E-state index contributed by atoms with van der Waals surface area (Å²) in [5.74, 6) is -0.528.